The lowest BCUT2D eigenvalue weighted by molar-refractivity contribution is -0.131. The van der Waals surface area contributed by atoms with Crippen molar-refractivity contribution in [3.05, 3.63) is 51.8 Å². The standard InChI is InChI=1S/C24H33N3O3/c1-6-30-24(29)23-18(4)20(19(5)25-23)9-10-22(28)27-13-11-26(12-14-27)21-15-16(2)7-8-17(21)3/h7-8,15,25H,6,9-14H2,1-5H3. The molecule has 6 nitrogen and oxygen atoms in total. The van der Waals surface area contributed by atoms with Crippen LogP contribution in [0.1, 0.15) is 51.8 Å². The lowest BCUT2D eigenvalue weighted by atomic mass is 10.0. The van der Waals surface area contributed by atoms with Crippen LogP contribution in [-0.4, -0.2) is 54.5 Å². The number of aryl methyl sites for hydroxylation is 3. The minimum atomic E-state index is -0.335. The average molecular weight is 412 g/mol. The van der Waals surface area contributed by atoms with Gasteiger partial charge in [0.15, 0.2) is 0 Å². The Kier molecular flexibility index (Phi) is 6.85. The highest BCUT2D eigenvalue weighted by molar-refractivity contribution is 5.90. The summed E-state index contributed by atoms with van der Waals surface area (Å²) in [6.07, 6.45) is 1.08. The van der Waals surface area contributed by atoms with E-state index in [0.717, 1.165) is 43.0 Å². The van der Waals surface area contributed by atoms with Crippen molar-refractivity contribution in [2.24, 2.45) is 0 Å². The molecule has 2 aromatic rings. The van der Waals surface area contributed by atoms with Crippen LogP contribution in [0.3, 0.4) is 0 Å². The van der Waals surface area contributed by atoms with Gasteiger partial charge in [0, 0.05) is 44.0 Å². The van der Waals surface area contributed by atoms with Crippen LogP contribution in [0.25, 0.3) is 0 Å². The van der Waals surface area contributed by atoms with E-state index < -0.39 is 0 Å². The molecule has 0 bridgehead atoms. The fourth-order valence-corrected chi connectivity index (χ4v) is 4.22. The minimum Gasteiger partial charge on any atom is -0.461 e. The number of amides is 1. The van der Waals surface area contributed by atoms with E-state index in [4.69, 9.17) is 4.74 Å². The number of benzene rings is 1. The number of carbonyl (C=O) groups is 2. The van der Waals surface area contributed by atoms with Gasteiger partial charge in [-0.25, -0.2) is 4.79 Å². The number of esters is 1. The molecule has 0 radical (unpaired) electrons. The van der Waals surface area contributed by atoms with Gasteiger partial charge in [-0.05, 0) is 69.4 Å². The number of nitrogens with one attached hydrogen (secondary N) is 1. The van der Waals surface area contributed by atoms with E-state index in [1.807, 2.05) is 18.7 Å². The van der Waals surface area contributed by atoms with Gasteiger partial charge < -0.3 is 19.5 Å². The van der Waals surface area contributed by atoms with E-state index in [-0.39, 0.29) is 11.9 Å². The van der Waals surface area contributed by atoms with Crippen LogP contribution >= 0.6 is 0 Å². The van der Waals surface area contributed by atoms with Crippen molar-refractivity contribution in [3.63, 3.8) is 0 Å². The number of hydrogen-bond donors (Lipinski definition) is 1. The normalized spacial score (nSPS) is 14.2. The second-order valence-electron chi connectivity index (χ2n) is 8.11. The summed E-state index contributed by atoms with van der Waals surface area (Å²) in [5, 5.41) is 0. The maximum absolute atomic E-state index is 12.8. The summed E-state index contributed by atoms with van der Waals surface area (Å²) >= 11 is 0. The molecule has 1 fully saturated rings. The predicted octanol–water partition coefficient (Wildman–Crippen LogP) is 3.71. The zero-order valence-corrected chi connectivity index (χ0v) is 18.8. The number of aromatic amines is 1. The third kappa shape index (κ3) is 4.69. The van der Waals surface area contributed by atoms with Crippen molar-refractivity contribution >= 4 is 17.6 Å². The molecule has 2 heterocycles. The Hall–Kier alpha value is -2.76. The van der Waals surface area contributed by atoms with Gasteiger partial charge in [0.2, 0.25) is 5.91 Å². The minimum absolute atomic E-state index is 0.174. The van der Waals surface area contributed by atoms with E-state index in [0.29, 0.717) is 25.1 Å². The number of anilines is 1. The van der Waals surface area contributed by atoms with Crippen molar-refractivity contribution < 1.29 is 14.3 Å². The largest absolute Gasteiger partial charge is 0.461 e. The number of rotatable bonds is 6. The fraction of sp³-hybridized carbons (Fsp3) is 0.500. The van der Waals surface area contributed by atoms with Crippen molar-refractivity contribution in [2.45, 2.75) is 47.5 Å². The molecule has 1 aliphatic heterocycles. The third-order valence-electron chi connectivity index (χ3n) is 6.00. The Balaban J connectivity index is 1.57. The van der Waals surface area contributed by atoms with Gasteiger partial charge in [-0.1, -0.05) is 12.1 Å². The number of H-pyrrole nitrogens is 1. The van der Waals surface area contributed by atoms with Gasteiger partial charge in [-0.3, -0.25) is 4.79 Å². The summed E-state index contributed by atoms with van der Waals surface area (Å²) in [6.45, 7) is 13.4. The topological polar surface area (TPSA) is 65.6 Å². The summed E-state index contributed by atoms with van der Waals surface area (Å²) in [4.78, 5) is 32.3. The highest BCUT2D eigenvalue weighted by Crippen LogP contribution is 2.24. The first kappa shape index (κ1) is 21.9. The Morgan fingerprint density at radius 3 is 2.43 bits per heavy atom. The first-order valence-corrected chi connectivity index (χ1v) is 10.8. The summed E-state index contributed by atoms with van der Waals surface area (Å²) in [6, 6.07) is 6.52. The fourth-order valence-electron chi connectivity index (χ4n) is 4.22. The molecule has 1 aromatic heterocycles. The smallest absolute Gasteiger partial charge is 0.355 e. The molecule has 1 saturated heterocycles. The molecule has 0 spiro atoms. The van der Waals surface area contributed by atoms with E-state index in [1.165, 1.54) is 16.8 Å². The Morgan fingerprint density at radius 2 is 1.77 bits per heavy atom. The molecule has 0 aliphatic carbocycles. The quantitative estimate of drug-likeness (QED) is 0.736. The van der Waals surface area contributed by atoms with Crippen LogP contribution in [0.2, 0.25) is 0 Å². The first-order valence-electron chi connectivity index (χ1n) is 10.8. The maximum Gasteiger partial charge on any atom is 0.355 e. The highest BCUT2D eigenvalue weighted by Gasteiger charge is 2.23. The van der Waals surface area contributed by atoms with Crippen LogP contribution in [0, 0.1) is 27.7 Å². The summed E-state index contributed by atoms with van der Waals surface area (Å²) < 4.78 is 5.11. The zero-order chi connectivity index (χ0) is 21.8. The van der Waals surface area contributed by atoms with Gasteiger partial charge in [0.1, 0.15) is 5.69 Å². The highest BCUT2D eigenvalue weighted by atomic mass is 16.5. The Labute approximate surface area is 179 Å². The summed E-state index contributed by atoms with van der Waals surface area (Å²) in [7, 11) is 0. The molecular weight excluding hydrogens is 378 g/mol. The number of carbonyl (C=O) groups excluding carboxylic acids is 2. The second-order valence-corrected chi connectivity index (χ2v) is 8.11. The summed E-state index contributed by atoms with van der Waals surface area (Å²) in [5.41, 5.74) is 7.16. The number of piperazine rings is 1. The Morgan fingerprint density at radius 1 is 1.07 bits per heavy atom. The molecule has 1 aromatic carbocycles. The van der Waals surface area contributed by atoms with Crippen LogP contribution in [0.5, 0.6) is 0 Å². The van der Waals surface area contributed by atoms with Crippen molar-refractivity contribution in [3.8, 4) is 0 Å². The van der Waals surface area contributed by atoms with Gasteiger partial charge in [0.25, 0.3) is 0 Å². The van der Waals surface area contributed by atoms with Crippen LogP contribution in [0.15, 0.2) is 18.2 Å². The third-order valence-corrected chi connectivity index (χ3v) is 6.00. The molecule has 6 heteroatoms. The van der Waals surface area contributed by atoms with Crippen LogP contribution < -0.4 is 4.90 Å². The molecule has 1 N–H and O–H groups in total. The monoisotopic (exact) mass is 411 g/mol. The first-order chi connectivity index (χ1) is 14.3. The van der Waals surface area contributed by atoms with Gasteiger partial charge in [0.05, 0.1) is 6.61 Å². The molecule has 30 heavy (non-hydrogen) atoms. The molecular formula is C24H33N3O3. The van der Waals surface area contributed by atoms with Gasteiger partial charge in [-0.15, -0.1) is 0 Å². The van der Waals surface area contributed by atoms with Crippen molar-refractivity contribution in [2.75, 3.05) is 37.7 Å². The molecule has 0 atom stereocenters. The van der Waals surface area contributed by atoms with Crippen molar-refractivity contribution in [1.29, 1.82) is 0 Å². The van der Waals surface area contributed by atoms with Crippen LogP contribution in [0.4, 0.5) is 5.69 Å². The maximum atomic E-state index is 12.8. The zero-order valence-electron chi connectivity index (χ0n) is 18.8. The molecule has 1 aliphatic rings. The van der Waals surface area contributed by atoms with E-state index >= 15 is 0 Å². The van der Waals surface area contributed by atoms with Gasteiger partial charge in [-0.2, -0.15) is 0 Å². The van der Waals surface area contributed by atoms with E-state index in [9.17, 15) is 9.59 Å². The number of hydrogen-bond acceptors (Lipinski definition) is 4. The average Bonchev–Trinajstić information content (AvgIpc) is 3.02. The lowest BCUT2D eigenvalue weighted by Crippen LogP contribution is -2.49. The number of nitrogens with zero attached hydrogens (tertiary/aromatic N) is 2. The second kappa shape index (κ2) is 9.37. The molecule has 162 valence electrons. The SMILES string of the molecule is CCOC(=O)c1[nH]c(C)c(CCC(=O)N2CCN(c3cc(C)ccc3C)CC2)c1C. The number of aromatic nitrogens is 1. The summed E-state index contributed by atoms with van der Waals surface area (Å²) in [5.74, 6) is -0.161. The number of ether oxygens (including phenoxy) is 1. The molecule has 0 saturated carbocycles. The van der Waals surface area contributed by atoms with Crippen molar-refractivity contribution in [1.82, 2.24) is 9.88 Å². The Bertz CT molecular complexity index is 924. The van der Waals surface area contributed by atoms with E-state index in [2.05, 4.69) is 41.9 Å². The predicted molar refractivity (Wildman–Crippen MR) is 119 cm³/mol. The van der Waals surface area contributed by atoms with Gasteiger partial charge >= 0.3 is 5.97 Å². The molecule has 1 amide bonds. The van der Waals surface area contributed by atoms with E-state index in [1.54, 1.807) is 6.92 Å². The molecule has 3 rings (SSSR count). The van der Waals surface area contributed by atoms with Crippen LogP contribution in [-0.2, 0) is 16.0 Å². The lowest BCUT2D eigenvalue weighted by Gasteiger charge is -2.37. The molecule has 0 unspecified atom stereocenters.